The highest BCUT2D eigenvalue weighted by atomic mass is 35.5. The molecule has 1 aliphatic rings. The first-order valence-electron chi connectivity index (χ1n) is 8.06. The van der Waals surface area contributed by atoms with Crippen molar-refractivity contribution in [1.29, 1.82) is 0 Å². The lowest BCUT2D eigenvalue weighted by Crippen LogP contribution is -2.19. The van der Waals surface area contributed by atoms with Crippen molar-refractivity contribution in [3.05, 3.63) is 23.7 Å². The van der Waals surface area contributed by atoms with Crippen molar-refractivity contribution in [2.45, 2.75) is 64.3 Å². The molecule has 3 atom stereocenters. The van der Waals surface area contributed by atoms with Crippen molar-refractivity contribution in [2.24, 2.45) is 5.92 Å². The zero-order valence-electron chi connectivity index (χ0n) is 13.1. The van der Waals surface area contributed by atoms with Crippen LogP contribution in [-0.2, 0) is 0 Å². The molecule has 2 heterocycles. The predicted molar refractivity (Wildman–Crippen MR) is 87.8 cm³/mol. The number of aryl methyl sites for hydroxylation is 1. The average Bonchev–Trinajstić information content (AvgIpc) is 2.68. The molecule has 1 aliphatic carbocycles. The second-order valence-electron chi connectivity index (χ2n) is 6.49. The van der Waals surface area contributed by atoms with Crippen LogP contribution in [0, 0.1) is 12.8 Å². The second kappa shape index (κ2) is 5.96. The largest absolute Gasteiger partial charge is 0.308 e. The number of alkyl halides is 1. The van der Waals surface area contributed by atoms with Crippen molar-refractivity contribution in [3.8, 4) is 0 Å². The number of imidazole rings is 1. The number of rotatable bonds is 2. The van der Waals surface area contributed by atoms with Crippen LogP contribution >= 0.6 is 11.6 Å². The van der Waals surface area contributed by atoms with Gasteiger partial charge in [0.2, 0.25) is 0 Å². The highest BCUT2D eigenvalue weighted by molar-refractivity contribution is 6.20. The van der Waals surface area contributed by atoms with Gasteiger partial charge in [-0.15, -0.1) is 11.6 Å². The van der Waals surface area contributed by atoms with E-state index in [1.54, 1.807) is 0 Å². The number of pyridine rings is 1. The van der Waals surface area contributed by atoms with Gasteiger partial charge in [0.05, 0.1) is 5.38 Å². The van der Waals surface area contributed by atoms with Crippen LogP contribution < -0.4 is 0 Å². The van der Waals surface area contributed by atoms with E-state index < -0.39 is 0 Å². The Hall–Kier alpha value is -1.09. The van der Waals surface area contributed by atoms with Crippen LogP contribution in [0.25, 0.3) is 11.2 Å². The Morgan fingerprint density at radius 3 is 2.81 bits per heavy atom. The molecule has 1 fully saturated rings. The smallest absolute Gasteiger partial charge is 0.160 e. The lowest BCUT2D eigenvalue weighted by Gasteiger charge is -2.26. The van der Waals surface area contributed by atoms with Crippen LogP contribution in [0.4, 0.5) is 0 Å². The van der Waals surface area contributed by atoms with Gasteiger partial charge in [-0.3, -0.25) is 0 Å². The van der Waals surface area contributed by atoms with E-state index in [-0.39, 0.29) is 5.38 Å². The van der Waals surface area contributed by atoms with Crippen molar-refractivity contribution in [2.75, 3.05) is 0 Å². The molecule has 0 radical (unpaired) electrons. The third-order valence-electron chi connectivity index (χ3n) is 4.70. The van der Waals surface area contributed by atoms with Gasteiger partial charge in [0.1, 0.15) is 11.3 Å². The molecular weight excluding hydrogens is 282 g/mol. The van der Waals surface area contributed by atoms with Crippen LogP contribution in [-0.4, -0.2) is 14.5 Å². The van der Waals surface area contributed by atoms with E-state index >= 15 is 0 Å². The Morgan fingerprint density at radius 2 is 2.05 bits per heavy atom. The minimum Gasteiger partial charge on any atom is -0.308 e. The van der Waals surface area contributed by atoms with Crippen LogP contribution in [0.3, 0.4) is 0 Å². The molecule has 3 unspecified atom stereocenters. The number of hydrogen-bond donors (Lipinski definition) is 0. The van der Waals surface area contributed by atoms with Crippen LogP contribution in [0.15, 0.2) is 12.3 Å². The molecule has 3 nitrogen and oxygen atoms in total. The maximum atomic E-state index is 6.42. The minimum absolute atomic E-state index is 0.0880. The number of hydrogen-bond acceptors (Lipinski definition) is 2. The summed E-state index contributed by atoms with van der Waals surface area (Å²) in [7, 11) is 0. The maximum absolute atomic E-state index is 6.42. The van der Waals surface area contributed by atoms with Crippen molar-refractivity contribution >= 4 is 22.8 Å². The zero-order valence-corrected chi connectivity index (χ0v) is 13.9. The Bertz CT molecular complexity index is 632. The molecule has 0 saturated heterocycles. The molecule has 4 heteroatoms. The zero-order chi connectivity index (χ0) is 15.0. The lowest BCUT2D eigenvalue weighted by molar-refractivity contribution is 0.331. The lowest BCUT2D eigenvalue weighted by atomic mass is 9.96. The number of fused-ring (bicyclic) bond motifs is 1. The first-order chi connectivity index (χ1) is 10.1. The topological polar surface area (TPSA) is 30.7 Å². The highest BCUT2D eigenvalue weighted by Crippen LogP contribution is 2.37. The van der Waals surface area contributed by atoms with Gasteiger partial charge < -0.3 is 4.57 Å². The van der Waals surface area contributed by atoms with E-state index in [0.717, 1.165) is 22.6 Å². The van der Waals surface area contributed by atoms with Crippen LogP contribution in [0.5, 0.6) is 0 Å². The fourth-order valence-electron chi connectivity index (χ4n) is 3.56. The van der Waals surface area contributed by atoms with Gasteiger partial charge in [-0.25, -0.2) is 9.97 Å². The molecule has 0 aliphatic heterocycles. The van der Waals surface area contributed by atoms with E-state index in [1.807, 2.05) is 13.1 Å². The van der Waals surface area contributed by atoms with E-state index in [9.17, 15) is 0 Å². The quantitative estimate of drug-likeness (QED) is 0.565. The predicted octanol–water partition coefficient (Wildman–Crippen LogP) is 5.18. The molecule has 0 spiro atoms. The van der Waals surface area contributed by atoms with Gasteiger partial charge in [-0.1, -0.05) is 26.2 Å². The Kier molecular flexibility index (Phi) is 4.21. The Labute approximate surface area is 131 Å². The van der Waals surface area contributed by atoms with Gasteiger partial charge in [-0.2, -0.15) is 0 Å². The molecule has 3 rings (SSSR count). The second-order valence-corrected chi connectivity index (χ2v) is 7.15. The van der Waals surface area contributed by atoms with Crippen molar-refractivity contribution in [3.63, 3.8) is 0 Å². The molecule has 21 heavy (non-hydrogen) atoms. The van der Waals surface area contributed by atoms with Crippen molar-refractivity contribution < 1.29 is 0 Å². The summed E-state index contributed by atoms with van der Waals surface area (Å²) in [5.41, 5.74) is 3.13. The highest BCUT2D eigenvalue weighted by Gasteiger charge is 2.27. The third-order valence-corrected chi connectivity index (χ3v) is 4.89. The van der Waals surface area contributed by atoms with Gasteiger partial charge in [-0.05, 0) is 44.2 Å². The van der Waals surface area contributed by atoms with Gasteiger partial charge in [0, 0.05) is 12.2 Å². The monoisotopic (exact) mass is 305 g/mol. The number of nitrogens with zero attached hydrogens (tertiary/aromatic N) is 3. The van der Waals surface area contributed by atoms with E-state index in [0.29, 0.717) is 12.0 Å². The first kappa shape index (κ1) is 14.8. The summed E-state index contributed by atoms with van der Waals surface area (Å²) in [5, 5.41) is -0.0880. The Balaban J connectivity index is 2.16. The first-order valence-corrected chi connectivity index (χ1v) is 8.50. The molecule has 0 aromatic carbocycles. The molecule has 2 aromatic rings. The summed E-state index contributed by atoms with van der Waals surface area (Å²) in [6, 6.07) is 2.59. The molecule has 114 valence electrons. The third kappa shape index (κ3) is 2.80. The number of aromatic nitrogens is 3. The normalized spacial score (nSPS) is 25.0. The average molecular weight is 306 g/mol. The van der Waals surface area contributed by atoms with Gasteiger partial charge >= 0.3 is 0 Å². The fourth-order valence-corrected chi connectivity index (χ4v) is 3.72. The fraction of sp³-hybridized carbons (Fsp3) is 0.647. The summed E-state index contributed by atoms with van der Waals surface area (Å²) < 4.78 is 2.34. The molecular formula is C17H24ClN3. The van der Waals surface area contributed by atoms with Gasteiger partial charge in [0.15, 0.2) is 5.65 Å². The molecule has 0 bridgehead atoms. The summed E-state index contributed by atoms with van der Waals surface area (Å²) in [6.07, 6.45) is 8.39. The van der Waals surface area contributed by atoms with Crippen LogP contribution in [0.2, 0.25) is 0 Å². The van der Waals surface area contributed by atoms with Crippen molar-refractivity contribution in [1.82, 2.24) is 14.5 Å². The minimum atomic E-state index is -0.0880. The molecule has 0 amide bonds. The molecule has 2 aromatic heterocycles. The maximum Gasteiger partial charge on any atom is 0.160 e. The van der Waals surface area contributed by atoms with E-state index in [1.165, 1.54) is 32.1 Å². The van der Waals surface area contributed by atoms with Gasteiger partial charge in [0.25, 0.3) is 0 Å². The summed E-state index contributed by atoms with van der Waals surface area (Å²) in [6.45, 7) is 6.43. The summed E-state index contributed by atoms with van der Waals surface area (Å²) in [4.78, 5) is 9.45. The summed E-state index contributed by atoms with van der Waals surface area (Å²) in [5.74, 6) is 1.63. The number of halogens is 1. The molecule has 0 N–H and O–H groups in total. The van der Waals surface area contributed by atoms with Crippen LogP contribution in [0.1, 0.15) is 68.8 Å². The Morgan fingerprint density at radius 1 is 1.29 bits per heavy atom. The van der Waals surface area contributed by atoms with E-state index in [2.05, 4.69) is 29.5 Å². The summed E-state index contributed by atoms with van der Waals surface area (Å²) >= 11 is 6.42. The molecule has 1 saturated carbocycles. The SMILES string of the molecule is Cc1cnc2c(c1)nc(C(C)Cl)n2C1CCCCCC1C. The standard InChI is InChI=1S/C17H24ClN3/c1-11-9-14-17(19-10-11)21(16(20-14)13(3)18)15-8-6-4-5-7-12(15)2/h9-10,12-13,15H,4-8H2,1-3H3. The van der Waals surface area contributed by atoms with E-state index in [4.69, 9.17) is 16.6 Å².